The summed E-state index contributed by atoms with van der Waals surface area (Å²) in [6.07, 6.45) is -0.171. The maximum atomic E-state index is 8.43. The van der Waals surface area contributed by atoms with E-state index in [9.17, 15) is 0 Å². The molecule has 0 N–H and O–H groups in total. The van der Waals surface area contributed by atoms with E-state index >= 15 is 0 Å². The Kier molecular flexibility index (Phi) is 0.689. The van der Waals surface area contributed by atoms with Gasteiger partial charge in [0, 0.05) is 0 Å². The van der Waals surface area contributed by atoms with Crippen molar-refractivity contribution in [1.82, 2.24) is 0 Å². The summed E-state index contributed by atoms with van der Waals surface area (Å²) in [4.78, 5) is 0. The molecule has 0 unspecified atom stereocenters. The van der Waals surface area contributed by atoms with E-state index in [1.165, 1.54) is 0 Å². The van der Waals surface area contributed by atoms with Crippen LogP contribution in [0.1, 0.15) is 12.4 Å². The molecular formula is C8H7N. The van der Waals surface area contributed by atoms with E-state index in [0.29, 0.717) is 0 Å². The molecule has 0 atom stereocenters. The highest BCUT2D eigenvalue weighted by Crippen LogP contribution is 1.96. The minimum atomic E-state index is -0.429. The number of nitriles is 1. The summed E-state index contributed by atoms with van der Waals surface area (Å²) in [6, 6.07) is -0.0299. The molecule has 0 aliphatic carbocycles. The average Bonchev–Trinajstić information content (AvgIpc) is 2.19. The van der Waals surface area contributed by atoms with Crippen molar-refractivity contribution in [3.05, 3.63) is 35.8 Å². The maximum absolute atomic E-state index is 8.43. The Morgan fingerprint density at radius 2 is 2.11 bits per heavy atom. The molecule has 1 rings (SSSR count). The molecule has 0 amide bonds. The zero-order valence-electron chi connectivity index (χ0n) is 9.65. The normalized spacial score (nSPS) is 16.1. The molecule has 1 aromatic rings. The van der Waals surface area contributed by atoms with Gasteiger partial charge in [-0.1, -0.05) is 30.2 Å². The van der Waals surface area contributed by atoms with Gasteiger partial charge in [0.15, 0.2) is 0 Å². The van der Waals surface area contributed by atoms with Crippen molar-refractivity contribution in [3.63, 3.8) is 0 Å². The minimum absolute atomic E-state index is 0.0542. The smallest absolute Gasteiger partial charge is 0.0669 e. The summed E-state index contributed by atoms with van der Waals surface area (Å²) in [7, 11) is 0. The lowest BCUT2D eigenvalue weighted by Crippen LogP contribution is -1.76. The van der Waals surface area contributed by atoms with Crippen LogP contribution in [0.15, 0.2) is 30.2 Å². The van der Waals surface area contributed by atoms with Crippen molar-refractivity contribution in [1.29, 1.82) is 5.26 Å². The number of hydrogen-bond acceptors (Lipinski definition) is 1. The predicted octanol–water partition coefficient (Wildman–Crippen LogP) is 1.75. The average molecular weight is 122 g/mol. The minimum Gasteiger partial charge on any atom is -0.198 e. The van der Waals surface area contributed by atoms with Crippen molar-refractivity contribution in [2.24, 2.45) is 0 Å². The third-order valence-corrected chi connectivity index (χ3v) is 0.808. The lowest BCUT2D eigenvalue weighted by molar-refractivity contribution is 1.26. The number of benzene rings is 1. The van der Waals surface area contributed by atoms with Gasteiger partial charge in [-0.05, 0) is 5.56 Å². The van der Waals surface area contributed by atoms with E-state index in [4.69, 9.17) is 12.1 Å². The standard InChI is InChI=1S/C8H7N/c9-7-6-8-4-2-1-3-5-8/h1-5H,6H2/i1D,2D,3D,4D,5D. The Bertz CT molecular complexity index is 392. The van der Waals surface area contributed by atoms with Gasteiger partial charge >= 0.3 is 0 Å². The maximum Gasteiger partial charge on any atom is 0.0669 e. The highest BCUT2D eigenvalue weighted by atomic mass is 14.2. The van der Waals surface area contributed by atoms with E-state index < -0.39 is 18.1 Å². The summed E-state index contributed by atoms with van der Waals surface area (Å²) in [6.45, 7) is 0. The Hall–Kier alpha value is -1.29. The van der Waals surface area contributed by atoms with Crippen molar-refractivity contribution in [3.8, 4) is 6.07 Å². The highest BCUT2D eigenvalue weighted by molar-refractivity contribution is 5.17. The second-order valence-electron chi connectivity index (χ2n) is 1.44. The van der Waals surface area contributed by atoms with Gasteiger partial charge in [-0.3, -0.25) is 0 Å². The fourth-order valence-electron chi connectivity index (χ4n) is 0.443. The highest BCUT2D eigenvalue weighted by Gasteiger charge is 1.84. The van der Waals surface area contributed by atoms with Crippen LogP contribution in [0, 0.1) is 11.3 Å². The van der Waals surface area contributed by atoms with Crippen LogP contribution in [0.5, 0.6) is 0 Å². The first-order chi connectivity index (χ1) is 6.50. The number of hydrogen-bond donors (Lipinski definition) is 0. The second kappa shape index (κ2) is 2.88. The molecule has 0 radical (unpaired) electrons. The van der Waals surface area contributed by atoms with Crippen molar-refractivity contribution in [2.45, 2.75) is 6.42 Å². The van der Waals surface area contributed by atoms with Gasteiger partial charge in [0.05, 0.1) is 19.3 Å². The zero-order valence-corrected chi connectivity index (χ0v) is 4.65. The van der Waals surface area contributed by atoms with Crippen LogP contribution in [0.3, 0.4) is 0 Å². The van der Waals surface area contributed by atoms with E-state index in [1.807, 2.05) is 0 Å². The molecule has 0 aliphatic rings. The SMILES string of the molecule is [2H]c1c([2H])c([2H])c(CC#N)c([2H])c1[2H]. The van der Waals surface area contributed by atoms with Gasteiger partial charge in [-0.15, -0.1) is 0 Å². The Morgan fingerprint density at radius 1 is 1.44 bits per heavy atom. The van der Waals surface area contributed by atoms with Crippen molar-refractivity contribution >= 4 is 0 Å². The Labute approximate surface area is 61.6 Å². The molecule has 0 bridgehead atoms. The van der Waals surface area contributed by atoms with Crippen LogP contribution in [0.4, 0.5) is 0 Å². The molecule has 1 nitrogen and oxygen atoms in total. The topological polar surface area (TPSA) is 23.8 Å². The van der Waals surface area contributed by atoms with Gasteiger partial charge in [0.1, 0.15) is 0 Å². The van der Waals surface area contributed by atoms with Crippen LogP contribution in [0.2, 0.25) is 0 Å². The molecule has 0 saturated heterocycles. The number of nitrogens with zero attached hydrogens (tertiary/aromatic N) is 1. The summed E-state index contributed by atoms with van der Waals surface area (Å²) in [5.74, 6) is 0. The van der Waals surface area contributed by atoms with Crippen LogP contribution < -0.4 is 0 Å². The van der Waals surface area contributed by atoms with Gasteiger partial charge in [0.2, 0.25) is 0 Å². The second-order valence-corrected chi connectivity index (χ2v) is 1.44. The lowest BCUT2D eigenvalue weighted by Gasteiger charge is -1.88. The third kappa shape index (κ3) is 1.58. The summed E-state index contributed by atoms with van der Waals surface area (Å²) >= 11 is 0. The lowest BCUT2D eigenvalue weighted by atomic mass is 10.2. The Balaban J connectivity index is 3.53. The van der Waals surface area contributed by atoms with Gasteiger partial charge in [-0.2, -0.15) is 5.26 Å². The Morgan fingerprint density at radius 3 is 2.67 bits per heavy atom. The van der Waals surface area contributed by atoms with Crippen LogP contribution in [-0.4, -0.2) is 0 Å². The quantitative estimate of drug-likeness (QED) is 0.556. The predicted molar refractivity (Wildman–Crippen MR) is 35.8 cm³/mol. The van der Waals surface area contributed by atoms with Crippen LogP contribution in [-0.2, 0) is 6.42 Å². The van der Waals surface area contributed by atoms with Gasteiger partial charge < -0.3 is 0 Å². The first kappa shape index (κ1) is 2.15. The first-order valence-corrected chi connectivity index (χ1v) is 2.43. The molecule has 1 heteroatoms. The molecule has 0 heterocycles. The molecule has 0 saturated carbocycles. The fraction of sp³-hybridized carbons (Fsp3) is 0.125. The molecule has 0 aliphatic heterocycles. The third-order valence-electron chi connectivity index (χ3n) is 0.808. The summed E-state index contributed by atoms with van der Waals surface area (Å²) < 4.78 is 36.7. The van der Waals surface area contributed by atoms with Crippen molar-refractivity contribution < 1.29 is 6.85 Å². The zero-order chi connectivity index (χ0) is 10.9. The van der Waals surface area contributed by atoms with Crippen LogP contribution in [0.25, 0.3) is 0 Å². The van der Waals surface area contributed by atoms with Gasteiger partial charge in [0.25, 0.3) is 0 Å². The van der Waals surface area contributed by atoms with E-state index in [2.05, 4.69) is 0 Å². The molecule has 44 valence electrons. The molecular weight excluding hydrogens is 110 g/mol. The molecule has 0 spiro atoms. The molecule has 1 aromatic carbocycles. The molecule has 9 heavy (non-hydrogen) atoms. The van der Waals surface area contributed by atoms with E-state index in [0.717, 1.165) is 0 Å². The summed E-state index contributed by atoms with van der Waals surface area (Å²) in [5, 5.41) is 8.43. The largest absolute Gasteiger partial charge is 0.198 e. The van der Waals surface area contributed by atoms with Crippen molar-refractivity contribution in [2.75, 3.05) is 0 Å². The van der Waals surface area contributed by atoms with Gasteiger partial charge in [-0.25, -0.2) is 0 Å². The van der Waals surface area contributed by atoms with E-state index in [-0.39, 0.29) is 24.1 Å². The monoisotopic (exact) mass is 122 g/mol. The fourth-order valence-corrected chi connectivity index (χ4v) is 0.443. The first-order valence-electron chi connectivity index (χ1n) is 4.93. The van der Waals surface area contributed by atoms with E-state index in [1.54, 1.807) is 6.07 Å². The summed E-state index contributed by atoms with van der Waals surface area (Å²) in [5.41, 5.74) is 0.0542. The molecule has 0 fully saturated rings. The molecule has 0 aromatic heterocycles. The van der Waals surface area contributed by atoms with Crippen LogP contribution >= 0.6 is 0 Å². The number of rotatable bonds is 1.